The maximum Gasteiger partial charge on any atom is 0.138 e. The van der Waals surface area contributed by atoms with Gasteiger partial charge in [0.1, 0.15) is 17.5 Å². The first kappa shape index (κ1) is 15.6. The average molecular weight is 299 g/mol. The van der Waals surface area contributed by atoms with Crippen LogP contribution in [0.4, 0.5) is 0 Å². The molecular formula is C16H23ClO3. The topological polar surface area (TPSA) is 38.7 Å². The summed E-state index contributed by atoms with van der Waals surface area (Å²) in [6.45, 7) is 9.91. The zero-order chi connectivity index (χ0) is 15.1. The molecule has 1 N–H and O–H groups in total. The van der Waals surface area contributed by atoms with E-state index >= 15 is 0 Å². The Labute approximate surface area is 125 Å². The summed E-state index contributed by atoms with van der Waals surface area (Å²) in [5, 5.41) is 10.1. The summed E-state index contributed by atoms with van der Waals surface area (Å²) in [7, 11) is 0. The summed E-state index contributed by atoms with van der Waals surface area (Å²) in [6, 6.07) is 5.39. The molecule has 20 heavy (non-hydrogen) atoms. The van der Waals surface area contributed by atoms with Gasteiger partial charge in [0.05, 0.1) is 16.7 Å². The molecule has 1 fully saturated rings. The van der Waals surface area contributed by atoms with Gasteiger partial charge in [-0.15, -0.1) is 0 Å². The summed E-state index contributed by atoms with van der Waals surface area (Å²) in [5.41, 5.74) is 0.236. The van der Waals surface area contributed by atoms with Gasteiger partial charge < -0.3 is 14.6 Å². The highest BCUT2D eigenvalue weighted by Gasteiger charge is 2.47. The molecule has 2 unspecified atom stereocenters. The minimum Gasteiger partial charge on any atom is -0.486 e. The van der Waals surface area contributed by atoms with Gasteiger partial charge in [-0.1, -0.05) is 17.7 Å². The van der Waals surface area contributed by atoms with Crippen molar-refractivity contribution in [2.75, 3.05) is 0 Å². The normalized spacial score (nSPS) is 25.4. The Morgan fingerprint density at radius 1 is 1.35 bits per heavy atom. The maximum atomic E-state index is 9.56. The van der Waals surface area contributed by atoms with E-state index < -0.39 is 6.10 Å². The summed E-state index contributed by atoms with van der Waals surface area (Å²) >= 11 is 6.24. The quantitative estimate of drug-likeness (QED) is 0.912. The van der Waals surface area contributed by atoms with Crippen LogP contribution in [0.25, 0.3) is 0 Å². The molecule has 2 atom stereocenters. The van der Waals surface area contributed by atoms with Crippen LogP contribution in [-0.4, -0.2) is 22.4 Å². The zero-order valence-corrected chi connectivity index (χ0v) is 13.5. The van der Waals surface area contributed by atoms with Crippen molar-refractivity contribution >= 4 is 11.6 Å². The van der Waals surface area contributed by atoms with E-state index in [-0.39, 0.29) is 17.3 Å². The van der Waals surface area contributed by atoms with E-state index in [1.807, 2.05) is 26.0 Å². The molecule has 112 valence electrons. The van der Waals surface area contributed by atoms with Gasteiger partial charge >= 0.3 is 0 Å². The maximum absolute atomic E-state index is 9.56. The third kappa shape index (κ3) is 3.27. The lowest BCUT2D eigenvalue weighted by atomic mass is 9.97. The van der Waals surface area contributed by atoms with Crippen LogP contribution >= 0.6 is 11.6 Å². The number of ether oxygens (including phenoxy) is 2. The number of hydrogen-bond donors (Lipinski definition) is 1. The second kappa shape index (κ2) is 5.21. The van der Waals surface area contributed by atoms with Gasteiger partial charge in [-0.25, -0.2) is 0 Å². The number of aliphatic hydroxyl groups is 1. The number of hydrogen-bond acceptors (Lipinski definition) is 3. The third-order valence-corrected chi connectivity index (χ3v) is 3.99. The molecule has 0 bridgehead atoms. The monoisotopic (exact) mass is 298 g/mol. The molecule has 1 aliphatic heterocycles. The van der Waals surface area contributed by atoms with Gasteiger partial charge in [-0.2, -0.15) is 0 Å². The van der Waals surface area contributed by atoms with E-state index in [4.69, 9.17) is 21.1 Å². The number of benzene rings is 1. The molecule has 4 heteroatoms. The fourth-order valence-electron chi connectivity index (χ4n) is 2.72. The highest BCUT2D eigenvalue weighted by atomic mass is 35.5. The highest BCUT2D eigenvalue weighted by Crippen LogP contribution is 2.41. The highest BCUT2D eigenvalue weighted by molar-refractivity contribution is 6.32. The SMILES string of the molecule is CC(O)c1ccc(OC2CC(C)(C)OC2(C)C)c(Cl)c1. The molecule has 0 spiro atoms. The number of aliphatic hydroxyl groups excluding tert-OH is 1. The van der Waals surface area contributed by atoms with Crippen LogP contribution in [0.1, 0.15) is 52.7 Å². The summed E-state index contributed by atoms with van der Waals surface area (Å²) in [5.74, 6) is 0.635. The van der Waals surface area contributed by atoms with Crippen LogP contribution < -0.4 is 4.74 Å². The molecular weight excluding hydrogens is 276 g/mol. The molecule has 3 nitrogen and oxygen atoms in total. The van der Waals surface area contributed by atoms with Crippen LogP contribution in [0.2, 0.25) is 5.02 Å². The Hall–Kier alpha value is -0.770. The van der Waals surface area contributed by atoms with Crippen LogP contribution in [-0.2, 0) is 4.74 Å². The molecule has 0 radical (unpaired) electrons. The predicted molar refractivity (Wildman–Crippen MR) is 80.4 cm³/mol. The van der Waals surface area contributed by atoms with Crippen molar-refractivity contribution in [1.29, 1.82) is 0 Å². The third-order valence-electron chi connectivity index (χ3n) is 3.70. The van der Waals surface area contributed by atoms with Gasteiger partial charge in [0.25, 0.3) is 0 Å². The zero-order valence-electron chi connectivity index (χ0n) is 12.7. The van der Waals surface area contributed by atoms with Crippen molar-refractivity contribution < 1.29 is 14.6 Å². The van der Waals surface area contributed by atoms with Crippen molar-refractivity contribution in [3.05, 3.63) is 28.8 Å². The van der Waals surface area contributed by atoms with Crippen molar-refractivity contribution in [3.8, 4) is 5.75 Å². The molecule has 1 aromatic rings. The van der Waals surface area contributed by atoms with Gasteiger partial charge in [0.2, 0.25) is 0 Å². The first-order valence-electron chi connectivity index (χ1n) is 6.95. The Kier molecular flexibility index (Phi) is 4.07. The largest absolute Gasteiger partial charge is 0.486 e. The fraction of sp³-hybridized carbons (Fsp3) is 0.625. The number of rotatable bonds is 3. The Morgan fingerprint density at radius 3 is 2.45 bits per heavy atom. The minimum absolute atomic E-state index is 0.0487. The lowest BCUT2D eigenvalue weighted by molar-refractivity contribution is -0.0845. The molecule has 1 heterocycles. The smallest absolute Gasteiger partial charge is 0.138 e. The van der Waals surface area contributed by atoms with Gasteiger partial charge in [0.15, 0.2) is 0 Å². The van der Waals surface area contributed by atoms with E-state index in [1.165, 1.54) is 0 Å². The molecule has 2 rings (SSSR count). The van der Waals surface area contributed by atoms with Crippen molar-refractivity contribution in [1.82, 2.24) is 0 Å². The Balaban J connectivity index is 2.18. The molecule has 0 aliphatic carbocycles. The molecule has 0 amide bonds. The summed E-state index contributed by atoms with van der Waals surface area (Å²) in [4.78, 5) is 0. The minimum atomic E-state index is -0.535. The second-order valence-electron chi connectivity index (χ2n) is 6.64. The predicted octanol–water partition coefficient (Wildman–Crippen LogP) is 4.12. The molecule has 1 saturated heterocycles. The van der Waals surface area contributed by atoms with Crippen molar-refractivity contribution in [2.45, 2.75) is 64.4 Å². The first-order chi connectivity index (χ1) is 9.11. The lowest BCUT2D eigenvalue weighted by Gasteiger charge is -2.27. The van der Waals surface area contributed by atoms with E-state index in [0.717, 1.165) is 12.0 Å². The second-order valence-corrected chi connectivity index (χ2v) is 7.05. The molecule has 1 aliphatic rings. The van der Waals surface area contributed by atoms with Gasteiger partial charge in [-0.05, 0) is 52.3 Å². The van der Waals surface area contributed by atoms with Crippen LogP contribution in [0, 0.1) is 0 Å². The lowest BCUT2D eigenvalue weighted by Crippen LogP contribution is -2.36. The van der Waals surface area contributed by atoms with Crippen LogP contribution in [0.5, 0.6) is 5.75 Å². The van der Waals surface area contributed by atoms with Crippen molar-refractivity contribution in [2.24, 2.45) is 0 Å². The van der Waals surface area contributed by atoms with Crippen molar-refractivity contribution in [3.63, 3.8) is 0 Å². The van der Waals surface area contributed by atoms with Crippen LogP contribution in [0.3, 0.4) is 0 Å². The van der Waals surface area contributed by atoms with Gasteiger partial charge in [0, 0.05) is 6.42 Å². The van der Waals surface area contributed by atoms with E-state index in [0.29, 0.717) is 10.8 Å². The first-order valence-corrected chi connectivity index (χ1v) is 7.33. The summed E-state index contributed by atoms with van der Waals surface area (Å²) < 4.78 is 12.1. The molecule has 0 saturated carbocycles. The Morgan fingerprint density at radius 2 is 2.00 bits per heavy atom. The van der Waals surface area contributed by atoms with Crippen LogP contribution in [0.15, 0.2) is 18.2 Å². The standard InChI is InChI=1S/C16H23ClO3/c1-10(18)11-6-7-13(12(17)8-11)19-14-9-15(2,3)20-16(14,4)5/h6-8,10,14,18H,9H2,1-5H3. The average Bonchev–Trinajstić information content (AvgIpc) is 2.49. The summed E-state index contributed by atoms with van der Waals surface area (Å²) in [6.07, 6.45) is 0.230. The number of halogens is 1. The Bertz CT molecular complexity index is 494. The molecule has 0 aromatic heterocycles. The van der Waals surface area contributed by atoms with Gasteiger partial charge in [-0.3, -0.25) is 0 Å². The fourth-order valence-corrected chi connectivity index (χ4v) is 2.95. The molecule has 1 aromatic carbocycles. The van der Waals surface area contributed by atoms with E-state index in [2.05, 4.69) is 13.8 Å². The van der Waals surface area contributed by atoms with E-state index in [9.17, 15) is 5.11 Å². The van der Waals surface area contributed by atoms with E-state index in [1.54, 1.807) is 13.0 Å².